The number of benzene rings is 1. The SMILES string of the molecule is c1cc2c(cc1OC1COC1)NCCC2. The molecule has 3 nitrogen and oxygen atoms in total. The van der Waals surface area contributed by atoms with E-state index in [0.717, 1.165) is 25.5 Å². The van der Waals surface area contributed by atoms with Gasteiger partial charge in [-0.3, -0.25) is 0 Å². The molecule has 0 aromatic heterocycles. The predicted octanol–water partition coefficient (Wildman–Crippen LogP) is 1.82. The minimum Gasteiger partial charge on any atom is -0.486 e. The summed E-state index contributed by atoms with van der Waals surface area (Å²) >= 11 is 0. The molecule has 0 bridgehead atoms. The van der Waals surface area contributed by atoms with Crippen LogP contribution in [-0.4, -0.2) is 25.9 Å². The van der Waals surface area contributed by atoms with Crippen LogP contribution in [0.3, 0.4) is 0 Å². The zero-order valence-electron chi connectivity index (χ0n) is 8.66. The Morgan fingerprint density at radius 3 is 3.07 bits per heavy atom. The maximum Gasteiger partial charge on any atom is 0.145 e. The van der Waals surface area contributed by atoms with Gasteiger partial charge in [-0.15, -0.1) is 0 Å². The highest BCUT2D eigenvalue weighted by atomic mass is 16.6. The Labute approximate surface area is 89.4 Å². The molecule has 15 heavy (non-hydrogen) atoms. The molecular weight excluding hydrogens is 190 g/mol. The molecule has 0 atom stereocenters. The van der Waals surface area contributed by atoms with Crippen molar-refractivity contribution in [2.24, 2.45) is 0 Å². The van der Waals surface area contributed by atoms with E-state index in [0.29, 0.717) is 0 Å². The van der Waals surface area contributed by atoms with Crippen LogP contribution in [-0.2, 0) is 11.2 Å². The number of hydrogen-bond acceptors (Lipinski definition) is 3. The van der Waals surface area contributed by atoms with E-state index < -0.39 is 0 Å². The quantitative estimate of drug-likeness (QED) is 0.799. The highest BCUT2D eigenvalue weighted by Gasteiger charge is 2.20. The number of rotatable bonds is 2. The second-order valence-corrected chi connectivity index (χ2v) is 4.13. The lowest BCUT2D eigenvalue weighted by molar-refractivity contribution is -0.0796. The molecule has 3 heteroatoms. The van der Waals surface area contributed by atoms with Crippen molar-refractivity contribution < 1.29 is 9.47 Å². The van der Waals surface area contributed by atoms with Crippen molar-refractivity contribution in [3.05, 3.63) is 23.8 Å². The van der Waals surface area contributed by atoms with Gasteiger partial charge in [-0.25, -0.2) is 0 Å². The lowest BCUT2D eigenvalue weighted by Crippen LogP contribution is -2.38. The molecule has 1 fully saturated rings. The predicted molar refractivity (Wildman–Crippen MR) is 58.5 cm³/mol. The number of hydrogen-bond donors (Lipinski definition) is 1. The zero-order chi connectivity index (χ0) is 10.1. The first kappa shape index (κ1) is 9.04. The fourth-order valence-electron chi connectivity index (χ4n) is 1.99. The van der Waals surface area contributed by atoms with Crippen molar-refractivity contribution in [2.75, 3.05) is 25.1 Å². The van der Waals surface area contributed by atoms with Gasteiger partial charge in [-0.2, -0.15) is 0 Å². The minimum absolute atomic E-state index is 0.256. The summed E-state index contributed by atoms with van der Waals surface area (Å²) in [7, 11) is 0. The van der Waals surface area contributed by atoms with Crippen LogP contribution < -0.4 is 10.1 Å². The summed E-state index contributed by atoms with van der Waals surface area (Å²) in [5.74, 6) is 0.955. The monoisotopic (exact) mass is 205 g/mol. The van der Waals surface area contributed by atoms with Crippen LogP contribution in [0.5, 0.6) is 5.75 Å². The fourth-order valence-corrected chi connectivity index (χ4v) is 1.99. The molecular formula is C12H15NO2. The van der Waals surface area contributed by atoms with E-state index >= 15 is 0 Å². The fraction of sp³-hybridized carbons (Fsp3) is 0.500. The van der Waals surface area contributed by atoms with E-state index in [-0.39, 0.29) is 6.10 Å². The molecule has 1 aromatic rings. The van der Waals surface area contributed by atoms with Gasteiger partial charge < -0.3 is 14.8 Å². The van der Waals surface area contributed by atoms with Crippen LogP contribution in [0.25, 0.3) is 0 Å². The molecule has 80 valence electrons. The van der Waals surface area contributed by atoms with Crippen LogP contribution >= 0.6 is 0 Å². The van der Waals surface area contributed by atoms with Gasteiger partial charge in [0, 0.05) is 18.3 Å². The van der Waals surface area contributed by atoms with Gasteiger partial charge in [0.15, 0.2) is 0 Å². The highest BCUT2D eigenvalue weighted by molar-refractivity contribution is 5.56. The summed E-state index contributed by atoms with van der Waals surface area (Å²) in [4.78, 5) is 0. The van der Waals surface area contributed by atoms with E-state index in [1.165, 1.54) is 24.1 Å². The van der Waals surface area contributed by atoms with Crippen molar-refractivity contribution in [2.45, 2.75) is 18.9 Å². The minimum atomic E-state index is 0.256. The first-order valence-corrected chi connectivity index (χ1v) is 5.53. The second-order valence-electron chi connectivity index (χ2n) is 4.13. The normalized spacial score (nSPS) is 20.0. The van der Waals surface area contributed by atoms with Gasteiger partial charge in [0.2, 0.25) is 0 Å². The van der Waals surface area contributed by atoms with E-state index in [2.05, 4.69) is 23.5 Å². The molecule has 1 saturated heterocycles. The highest BCUT2D eigenvalue weighted by Crippen LogP contribution is 2.27. The molecule has 3 rings (SSSR count). The summed E-state index contributed by atoms with van der Waals surface area (Å²) < 4.78 is 10.8. The van der Waals surface area contributed by atoms with Crippen molar-refractivity contribution in [3.63, 3.8) is 0 Å². The molecule has 2 heterocycles. The standard InChI is InChI=1S/C12H15NO2/c1-2-9-3-4-10(6-12(9)13-5-1)15-11-7-14-8-11/h3-4,6,11,13H,1-2,5,7-8H2. The van der Waals surface area contributed by atoms with Crippen LogP contribution in [0, 0.1) is 0 Å². The number of aryl methyl sites for hydroxylation is 1. The number of fused-ring (bicyclic) bond motifs is 1. The van der Waals surface area contributed by atoms with Gasteiger partial charge >= 0.3 is 0 Å². The third kappa shape index (κ3) is 1.79. The topological polar surface area (TPSA) is 30.5 Å². The second kappa shape index (κ2) is 3.74. The van der Waals surface area contributed by atoms with Gasteiger partial charge in [-0.05, 0) is 24.5 Å². The molecule has 0 radical (unpaired) electrons. The van der Waals surface area contributed by atoms with Gasteiger partial charge in [0.05, 0.1) is 13.2 Å². The maximum absolute atomic E-state index is 5.75. The third-order valence-corrected chi connectivity index (χ3v) is 2.93. The van der Waals surface area contributed by atoms with Crippen molar-refractivity contribution >= 4 is 5.69 Å². The van der Waals surface area contributed by atoms with Crippen LogP contribution in [0.15, 0.2) is 18.2 Å². The Hall–Kier alpha value is -1.22. The maximum atomic E-state index is 5.75. The summed E-state index contributed by atoms with van der Waals surface area (Å²) in [6.07, 6.45) is 2.66. The summed E-state index contributed by atoms with van der Waals surface area (Å²) in [6, 6.07) is 6.33. The number of nitrogens with one attached hydrogen (secondary N) is 1. The van der Waals surface area contributed by atoms with Gasteiger partial charge in [0.1, 0.15) is 11.9 Å². The van der Waals surface area contributed by atoms with Gasteiger partial charge in [0.25, 0.3) is 0 Å². The van der Waals surface area contributed by atoms with Crippen molar-refractivity contribution in [3.8, 4) is 5.75 Å². The van der Waals surface area contributed by atoms with E-state index in [4.69, 9.17) is 9.47 Å². The van der Waals surface area contributed by atoms with E-state index in [1.54, 1.807) is 0 Å². The average Bonchev–Trinajstić information content (AvgIpc) is 2.23. The lowest BCUT2D eigenvalue weighted by Gasteiger charge is -2.27. The molecule has 2 aliphatic heterocycles. The van der Waals surface area contributed by atoms with Crippen LogP contribution in [0.1, 0.15) is 12.0 Å². The van der Waals surface area contributed by atoms with Crippen molar-refractivity contribution in [1.29, 1.82) is 0 Å². The number of ether oxygens (including phenoxy) is 2. The molecule has 2 aliphatic rings. The Bertz CT molecular complexity index is 361. The van der Waals surface area contributed by atoms with Crippen molar-refractivity contribution in [1.82, 2.24) is 0 Å². The Morgan fingerprint density at radius 1 is 1.33 bits per heavy atom. The summed E-state index contributed by atoms with van der Waals surface area (Å²) in [6.45, 7) is 2.53. The van der Waals surface area contributed by atoms with Crippen LogP contribution in [0.4, 0.5) is 5.69 Å². The van der Waals surface area contributed by atoms with Gasteiger partial charge in [-0.1, -0.05) is 6.07 Å². The zero-order valence-corrected chi connectivity index (χ0v) is 8.66. The largest absolute Gasteiger partial charge is 0.486 e. The lowest BCUT2D eigenvalue weighted by atomic mass is 10.0. The molecule has 1 N–H and O–H groups in total. The third-order valence-electron chi connectivity index (χ3n) is 2.93. The Morgan fingerprint density at radius 2 is 2.27 bits per heavy atom. The summed E-state index contributed by atoms with van der Waals surface area (Å²) in [5, 5.41) is 3.40. The molecule has 0 amide bonds. The Balaban J connectivity index is 1.77. The van der Waals surface area contributed by atoms with Crippen LogP contribution in [0.2, 0.25) is 0 Å². The molecule has 0 aliphatic carbocycles. The average molecular weight is 205 g/mol. The van der Waals surface area contributed by atoms with E-state index in [1.807, 2.05) is 0 Å². The Kier molecular flexibility index (Phi) is 2.25. The molecule has 0 unspecified atom stereocenters. The smallest absolute Gasteiger partial charge is 0.145 e. The molecule has 1 aromatic carbocycles. The first-order valence-electron chi connectivity index (χ1n) is 5.53. The molecule has 0 spiro atoms. The first-order chi connectivity index (χ1) is 7.42. The summed E-state index contributed by atoms with van der Waals surface area (Å²) in [5.41, 5.74) is 2.64. The molecule has 0 saturated carbocycles. The van der Waals surface area contributed by atoms with E-state index in [9.17, 15) is 0 Å². The number of anilines is 1.